The molecule has 2 heterocycles. The Bertz CT molecular complexity index is 614. The molecular weight excluding hydrogens is 312 g/mol. The topological polar surface area (TPSA) is 125 Å². The number of H-pyrrole nitrogens is 1. The molecule has 1 atom stereocenters. The largest absolute Gasteiger partial charge is 0.370 e. The van der Waals surface area contributed by atoms with E-state index in [0.29, 0.717) is 43.9 Å². The third kappa shape index (κ3) is 4.09. The maximum absolute atomic E-state index is 12.6. The first-order chi connectivity index (χ1) is 11.4. The van der Waals surface area contributed by atoms with Crippen LogP contribution in [0.15, 0.2) is 0 Å². The van der Waals surface area contributed by atoms with Gasteiger partial charge in [0.2, 0.25) is 11.8 Å². The van der Waals surface area contributed by atoms with Crippen LogP contribution in [0.5, 0.6) is 0 Å². The lowest BCUT2D eigenvalue weighted by atomic mass is 10.2. The van der Waals surface area contributed by atoms with Crippen LogP contribution in [0.4, 0.5) is 0 Å². The van der Waals surface area contributed by atoms with Gasteiger partial charge in [-0.1, -0.05) is 0 Å². The van der Waals surface area contributed by atoms with Crippen molar-refractivity contribution in [1.82, 2.24) is 25.2 Å². The smallest absolute Gasteiger partial charge is 0.276 e. The van der Waals surface area contributed by atoms with Gasteiger partial charge in [0.05, 0.1) is 11.7 Å². The molecule has 2 rings (SSSR count). The third-order valence-electron chi connectivity index (χ3n) is 4.30. The van der Waals surface area contributed by atoms with Crippen molar-refractivity contribution >= 4 is 17.7 Å². The molecule has 0 saturated carbocycles. The Labute approximate surface area is 140 Å². The number of hydrogen-bond acceptors (Lipinski definition) is 5. The first-order valence-corrected chi connectivity index (χ1v) is 8.18. The summed E-state index contributed by atoms with van der Waals surface area (Å²) in [6.07, 6.45) is 1.72. The summed E-state index contributed by atoms with van der Waals surface area (Å²) in [7, 11) is 0. The summed E-state index contributed by atoms with van der Waals surface area (Å²) in [5, 5.41) is 10.3. The second kappa shape index (κ2) is 7.89. The van der Waals surface area contributed by atoms with Gasteiger partial charge in [-0.2, -0.15) is 15.4 Å². The highest BCUT2D eigenvalue weighted by molar-refractivity contribution is 5.93. The number of aromatic amines is 1. The first-order valence-electron chi connectivity index (χ1n) is 8.18. The fourth-order valence-electron chi connectivity index (χ4n) is 2.98. The number of likely N-dealkylation sites (tertiary alicyclic amines) is 1. The van der Waals surface area contributed by atoms with Crippen LogP contribution < -0.4 is 5.73 Å². The van der Waals surface area contributed by atoms with Gasteiger partial charge in [-0.15, -0.1) is 0 Å². The van der Waals surface area contributed by atoms with E-state index in [1.165, 1.54) is 0 Å². The molecule has 0 spiro atoms. The molecule has 9 heteroatoms. The molecule has 9 nitrogen and oxygen atoms in total. The van der Waals surface area contributed by atoms with Crippen molar-refractivity contribution in [3.05, 3.63) is 11.4 Å². The number of hydrogen-bond donors (Lipinski definition) is 2. The summed E-state index contributed by atoms with van der Waals surface area (Å²) >= 11 is 0. The van der Waals surface area contributed by atoms with E-state index in [4.69, 9.17) is 5.73 Å². The quantitative estimate of drug-likeness (QED) is 0.715. The van der Waals surface area contributed by atoms with Crippen LogP contribution in [0.25, 0.3) is 0 Å². The minimum atomic E-state index is -0.396. The predicted octanol–water partition coefficient (Wildman–Crippen LogP) is -0.168. The van der Waals surface area contributed by atoms with Crippen molar-refractivity contribution in [2.75, 3.05) is 19.6 Å². The molecule has 1 aromatic rings. The number of aryl methyl sites for hydroxylation is 1. The van der Waals surface area contributed by atoms with E-state index in [9.17, 15) is 14.4 Å². The number of carbonyl (C=O) groups excluding carboxylic acids is 3. The van der Waals surface area contributed by atoms with Gasteiger partial charge in [0.1, 0.15) is 0 Å². The van der Waals surface area contributed by atoms with Crippen molar-refractivity contribution in [3.63, 3.8) is 0 Å². The summed E-state index contributed by atoms with van der Waals surface area (Å²) in [5.74, 6) is -0.565. The zero-order valence-corrected chi connectivity index (χ0v) is 14.1. The highest BCUT2D eigenvalue weighted by Crippen LogP contribution is 2.19. The fraction of sp³-hybridized carbons (Fsp3) is 0.667. The number of nitrogens with zero attached hydrogens (tertiary/aromatic N) is 4. The van der Waals surface area contributed by atoms with Crippen LogP contribution in [-0.2, 0) is 9.59 Å². The molecule has 0 aromatic carbocycles. The number of carbonyl (C=O) groups is 3. The standard InChI is InChI=1S/C15H24N6O3/c1-3-21(15(24)14-10(2)17-19-18-14)11-7-8-20(9-11)13(23)6-4-5-12(16)22/h11H,3-9H2,1-2H3,(H2,16,22)(H,17,18,19). The average molecular weight is 336 g/mol. The lowest BCUT2D eigenvalue weighted by Gasteiger charge is -2.27. The van der Waals surface area contributed by atoms with Crippen molar-refractivity contribution in [2.45, 2.75) is 45.6 Å². The molecule has 0 aliphatic carbocycles. The Balaban J connectivity index is 1.93. The molecular formula is C15H24N6O3. The maximum atomic E-state index is 12.6. The molecule has 1 fully saturated rings. The first kappa shape index (κ1) is 17.9. The zero-order chi connectivity index (χ0) is 17.7. The summed E-state index contributed by atoms with van der Waals surface area (Å²) in [5.41, 5.74) is 5.97. The monoisotopic (exact) mass is 336 g/mol. The van der Waals surface area contributed by atoms with Crippen LogP contribution in [0.3, 0.4) is 0 Å². The average Bonchev–Trinajstić information content (AvgIpc) is 3.16. The van der Waals surface area contributed by atoms with E-state index >= 15 is 0 Å². The minimum Gasteiger partial charge on any atom is -0.370 e. The molecule has 1 saturated heterocycles. The SMILES string of the molecule is CCN(C(=O)c1n[nH]nc1C)C1CCN(C(=O)CCCC(N)=O)C1. The number of aromatic nitrogens is 3. The Hall–Kier alpha value is -2.45. The van der Waals surface area contributed by atoms with Gasteiger partial charge < -0.3 is 15.5 Å². The van der Waals surface area contributed by atoms with Crippen LogP contribution in [0.1, 0.15) is 48.8 Å². The summed E-state index contributed by atoms with van der Waals surface area (Å²) in [6.45, 7) is 5.30. The molecule has 0 bridgehead atoms. The zero-order valence-electron chi connectivity index (χ0n) is 14.1. The second-order valence-corrected chi connectivity index (χ2v) is 5.95. The van der Waals surface area contributed by atoms with Crippen LogP contribution in [-0.4, -0.2) is 68.6 Å². The van der Waals surface area contributed by atoms with E-state index in [1.54, 1.807) is 16.7 Å². The van der Waals surface area contributed by atoms with Crippen molar-refractivity contribution in [3.8, 4) is 0 Å². The van der Waals surface area contributed by atoms with Gasteiger partial charge in [0, 0.05) is 32.5 Å². The van der Waals surface area contributed by atoms with Crippen LogP contribution >= 0.6 is 0 Å². The molecule has 1 unspecified atom stereocenters. The Morgan fingerprint density at radius 1 is 1.33 bits per heavy atom. The van der Waals surface area contributed by atoms with Gasteiger partial charge in [-0.3, -0.25) is 14.4 Å². The number of likely N-dealkylation sites (N-methyl/N-ethyl adjacent to an activating group) is 1. The molecule has 3 N–H and O–H groups in total. The molecule has 1 aliphatic rings. The van der Waals surface area contributed by atoms with Gasteiger partial charge in [0.15, 0.2) is 5.69 Å². The van der Waals surface area contributed by atoms with Crippen molar-refractivity contribution < 1.29 is 14.4 Å². The number of primary amides is 1. The van der Waals surface area contributed by atoms with E-state index in [0.717, 1.165) is 6.42 Å². The van der Waals surface area contributed by atoms with E-state index in [1.807, 2.05) is 6.92 Å². The lowest BCUT2D eigenvalue weighted by Crippen LogP contribution is -2.43. The Morgan fingerprint density at radius 3 is 2.67 bits per heavy atom. The molecule has 132 valence electrons. The maximum Gasteiger partial charge on any atom is 0.276 e. The van der Waals surface area contributed by atoms with Gasteiger partial charge >= 0.3 is 0 Å². The summed E-state index contributed by atoms with van der Waals surface area (Å²) in [4.78, 5) is 39.0. The molecule has 1 aromatic heterocycles. The van der Waals surface area contributed by atoms with E-state index in [-0.39, 0.29) is 24.3 Å². The van der Waals surface area contributed by atoms with Crippen molar-refractivity contribution in [2.24, 2.45) is 5.73 Å². The molecule has 0 radical (unpaired) electrons. The number of rotatable bonds is 7. The summed E-state index contributed by atoms with van der Waals surface area (Å²) in [6, 6.07) is -0.0290. The Kier molecular flexibility index (Phi) is 5.88. The number of nitrogens with two attached hydrogens (primary N) is 1. The van der Waals surface area contributed by atoms with E-state index in [2.05, 4.69) is 15.4 Å². The third-order valence-corrected chi connectivity index (χ3v) is 4.30. The van der Waals surface area contributed by atoms with Crippen molar-refractivity contribution in [1.29, 1.82) is 0 Å². The Morgan fingerprint density at radius 2 is 2.08 bits per heavy atom. The normalized spacial score (nSPS) is 17.1. The molecule has 3 amide bonds. The highest BCUT2D eigenvalue weighted by Gasteiger charge is 2.33. The molecule has 1 aliphatic heterocycles. The van der Waals surface area contributed by atoms with Crippen LogP contribution in [0, 0.1) is 6.92 Å². The second-order valence-electron chi connectivity index (χ2n) is 5.95. The minimum absolute atomic E-state index is 0.000122. The fourth-order valence-corrected chi connectivity index (χ4v) is 2.98. The van der Waals surface area contributed by atoms with E-state index < -0.39 is 5.91 Å². The van der Waals surface area contributed by atoms with Gasteiger partial charge in [-0.05, 0) is 26.7 Å². The lowest BCUT2D eigenvalue weighted by molar-refractivity contribution is -0.130. The van der Waals surface area contributed by atoms with Gasteiger partial charge in [-0.25, -0.2) is 0 Å². The summed E-state index contributed by atoms with van der Waals surface area (Å²) < 4.78 is 0. The number of amides is 3. The van der Waals surface area contributed by atoms with Crippen LogP contribution in [0.2, 0.25) is 0 Å². The number of nitrogens with one attached hydrogen (secondary N) is 1. The molecule has 24 heavy (non-hydrogen) atoms. The predicted molar refractivity (Wildman–Crippen MR) is 85.9 cm³/mol. The van der Waals surface area contributed by atoms with Gasteiger partial charge in [0.25, 0.3) is 5.91 Å². The highest BCUT2D eigenvalue weighted by atomic mass is 16.2.